The lowest BCUT2D eigenvalue weighted by Gasteiger charge is -2.21. The number of aliphatic hydroxyl groups is 1. The van der Waals surface area contributed by atoms with Crippen molar-refractivity contribution in [2.24, 2.45) is 23.7 Å². The first-order valence-corrected chi connectivity index (χ1v) is 44.7. The topological polar surface area (TPSA) is 237 Å². The van der Waals surface area contributed by atoms with Gasteiger partial charge in [-0.3, -0.25) is 37.3 Å². The van der Waals surface area contributed by atoms with Crippen LogP contribution in [0.25, 0.3) is 0 Å². The van der Waals surface area contributed by atoms with Crippen molar-refractivity contribution in [3.05, 3.63) is 0 Å². The lowest BCUT2D eigenvalue weighted by atomic mass is 10.0. The van der Waals surface area contributed by atoms with Crippen LogP contribution in [-0.2, 0) is 65.4 Å². The zero-order chi connectivity index (χ0) is 73.8. The number of phosphoric ester groups is 2. The van der Waals surface area contributed by atoms with E-state index in [1.807, 2.05) is 0 Å². The third kappa shape index (κ3) is 74.3. The molecule has 0 fully saturated rings. The molecule has 0 aliphatic rings. The molecule has 19 heteroatoms. The van der Waals surface area contributed by atoms with Crippen molar-refractivity contribution in [1.29, 1.82) is 0 Å². The molecule has 0 aromatic carbocycles. The molecule has 0 aromatic heterocycles. The van der Waals surface area contributed by atoms with Crippen molar-refractivity contribution < 1.29 is 80.2 Å². The fourth-order valence-corrected chi connectivity index (χ4v) is 14.0. The van der Waals surface area contributed by atoms with Crippen LogP contribution in [0.2, 0.25) is 0 Å². The van der Waals surface area contributed by atoms with E-state index in [1.54, 1.807) is 0 Å². The number of carbonyl (C=O) groups excluding carboxylic acids is 4. The highest BCUT2D eigenvalue weighted by molar-refractivity contribution is 7.47. The van der Waals surface area contributed by atoms with E-state index in [2.05, 4.69) is 55.4 Å². The van der Waals surface area contributed by atoms with Crippen LogP contribution < -0.4 is 0 Å². The van der Waals surface area contributed by atoms with Crippen molar-refractivity contribution in [2.45, 2.75) is 433 Å². The Labute approximate surface area is 613 Å². The van der Waals surface area contributed by atoms with E-state index in [0.717, 1.165) is 114 Å². The molecule has 5 atom stereocenters. The summed E-state index contributed by atoms with van der Waals surface area (Å²) in [5, 5.41) is 10.6. The van der Waals surface area contributed by atoms with Crippen molar-refractivity contribution in [1.82, 2.24) is 0 Å². The predicted octanol–water partition coefficient (Wildman–Crippen LogP) is 24.0. The smallest absolute Gasteiger partial charge is 0.462 e. The Morgan fingerprint density at radius 2 is 0.420 bits per heavy atom. The third-order valence-electron chi connectivity index (χ3n) is 18.8. The van der Waals surface area contributed by atoms with E-state index in [-0.39, 0.29) is 25.7 Å². The molecule has 0 aromatic rings. The number of aliphatic hydroxyl groups excluding tert-OH is 1. The first-order chi connectivity index (χ1) is 48.1. The van der Waals surface area contributed by atoms with Gasteiger partial charge < -0.3 is 33.8 Å². The second-order valence-corrected chi connectivity index (χ2v) is 34.0. The van der Waals surface area contributed by atoms with Crippen molar-refractivity contribution in [3.8, 4) is 0 Å². The quantitative estimate of drug-likeness (QED) is 0.0222. The molecule has 3 unspecified atom stereocenters. The molecule has 594 valence electrons. The Hall–Kier alpha value is -1.94. The number of hydrogen-bond donors (Lipinski definition) is 3. The highest BCUT2D eigenvalue weighted by Gasteiger charge is 2.30. The second-order valence-electron chi connectivity index (χ2n) is 31.1. The molecule has 0 saturated carbocycles. The first-order valence-electron chi connectivity index (χ1n) is 41.7. The van der Waals surface area contributed by atoms with Crippen LogP contribution in [-0.4, -0.2) is 96.7 Å². The summed E-state index contributed by atoms with van der Waals surface area (Å²) in [4.78, 5) is 73.0. The molecule has 0 aliphatic heterocycles. The number of unbranched alkanes of at least 4 members (excludes halogenated alkanes) is 44. The van der Waals surface area contributed by atoms with E-state index < -0.39 is 97.5 Å². The van der Waals surface area contributed by atoms with Gasteiger partial charge in [0.1, 0.15) is 19.3 Å². The molecule has 17 nitrogen and oxygen atoms in total. The molecule has 100 heavy (non-hydrogen) atoms. The number of esters is 4. The average Bonchev–Trinajstić information content (AvgIpc) is 0.948. The minimum Gasteiger partial charge on any atom is -0.462 e. The lowest BCUT2D eigenvalue weighted by molar-refractivity contribution is -0.161. The number of ether oxygens (including phenoxy) is 4. The molecule has 3 N–H and O–H groups in total. The van der Waals surface area contributed by atoms with E-state index >= 15 is 0 Å². The van der Waals surface area contributed by atoms with Crippen molar-refractivity contribution in [2.75, 3.05) is 39.6 Å². The van der Waals surface area contributed by atoms with Gasteiger partial charge in [0, 0.05) is 25.7 Å². The Morgan fingerprint density at radius 1 is 0.250 bits per heavy atom. The van der Waals surface area contributed by atoms with Crippen LogP contribution in [0.1, 0.15) is 415 Å². The summed E-state index contributed by atoms with van der Waals surface area (Å²) in [5.41, 5.74) is 0. The number of phosphoric acid groups is 2. The van der Waals surface area contributed by atoms with Crippen LogP contribution in [0.4, 0.5) is 0 Å². The zero-order valence-corrected chi connectivity index (χ0v) is 67.6. The maximum Gasteiger partial charge on any atom is 0.472 e. The summed E-state index contributed by atoms with van der Waals surface area (Å²) in [6.45, 7) is 14.2. The Balaban J connectivity index is 5.20. The van der Waals surface area contributed by atoms with Gasteiger partial charge >= 0.3 is 39.5 Å². The van der Waals surface area contributed by atoms with Crippen molar-refractivity contribution in [3.63, 3.8) is 0 Å². The summed E-state index contributed by atoms with van der Waals surface area (Å²) in [5.74, 6) is 0.944. The SMILES string of the molecule is CC(C)CCCCCCCCCCCCCCCCCCC(=O)O[C@H](COC(=O)CCCCCCCCC(C)C)COP(=O)(O)OCC(O)COP(=O)(O)OC[C@@H](COC(=O)CCCCCCCCCCCCCCCCCC(C)C)OC(=O)CCCCCCCCCCCCCC(C)C. The van der Waals surface area contributed by atoms with Gasteiger partial charge in [-0.25, -0.2) is 9.13 Å². The number of carbonyl (C=O) groups is 4. The molecule has 0 saturated heterocycles. The maximum atomic E-state index is 13.1. The highest BCUT2D eigenvalue weighted by atomic mass is 31.2. The van der Waals surface area contributed by atoms with E-state index in [9.17, 15) is 43.2 Å². The highest BCUT2D eigenvalue weighted by Crippen LogP contribution is 2.45. The fraction of sp³-hybridized carbons (Fsp3) is 0.951. The van der Waals surface area contributed by atoms with Gasteiger partial charge in [0.05, 0.1) is 26.4 Å². The molecule has 0 aliphatic carbocycles. The number of rotatable bonds is 78. The van der Waals surface area contributed by atoms with Crippen molar-refractivity contribution >= 4 is 39.5 Å². The summed E-state index contributed by atoms with van der Waals surface area (Å²) >= 11 is 0. The molecule has 0 rings (SSSR count). The van der Waals surface area contributed by atoms with E-state index in [1.165, 1.54) is 212 Å². The average molecular weight is 1470 g/mol. The maximum absolute atomic E-state index is 13.1. The molecule has 0 amide bonds. The van der Waals surface area contributed by atoms with Gasteiger partial charge in [0.2, 0.25) is 0 Å². The summed E-state index contributed by atoms with van der Waals surface area (Å²) in [6.07, 6.45) is 57.1. The van der Waals surface area contributed by atoms with E-state index in [0.29, 0.717) is 31.6 Å². The summed E-state index contributed by atoms with van der Waals surface area (Å²) in [7, 11) is -9.92. The molecule has 0 spiro atoms. The Bertz CT molecular complexity index is 1950. The molecular formula is C81H158O17P2. The van der Waals surface area contributed by atoms with Gasteiger partial charge in [-0.05, 0) is 49.4 Å². The predicted molar refractivity (Wildman–Crippen MR) is 409 cm³/mol. The Morgan fingerprint density at radius 3 is 0.620 bits per heavy atom. The monoisotopic (exact) mass is 1470 g/mol. The molecular weight excluding hydrogens is 1310 g/mol. The standard InChI is InChI=1S/C81H158O17P2/c1-71(2)57-49-41-33-27-21-16-12-9-10-14-19-25-31-37-47-55-63-80(85)98-77(68-92-79(84)62-54-46-40-39-44-52-60-74(7)8)70-96-100(89,90)94-66-75(82)65-93-99(87,88)95-69-76(97-81(86)64-56-48-38-32-26-20-23-29-35-43-51-59-73(5)6)67-91-78(83)61-53-45-36-30-24-18-15-11-13-17-22-28-34-42-50-58-72(3)4/h71-77,82H,9-70H2,1-8H3,(H,87,88)(H,89,90)/t75?,76-,77-/m1/s1. The van der Waals surface area contributed by atoms with Gasteiger partial charge in [-0.15, -0.1) is 0 Å². The number of hydrogen-bond acceptors (Lipinski definition) is 15. The largest absolute Gasteiger partial charge is 0.472 e. The molecule has 0 radical (unpaired) electrons. The minimum absolute atomic E-state index is 0.106. The summed E-state index contributed by atoms with van der Waals surface area (Å²) < 4.78 is 68.7. The summed E-state index contributed by atoms with van der Waals surface area (Å²) in [6, 6.07) is 0. The fourth-order valence-electron chi connectivity index (χ4n) is 12.4. The van der Waals surface area contributed by atoms with Crippen LogP contribution in [0.3, 0.4) is 0 Å². The van der Waals surface area contributed by atoms with Crippen LogP contribution in [0, 0.1) is 23.7 Å². The van der Waals surface area contributed by atoms with E-state index in [4.69, 9.17) is 37.0 Å². The first kappa shape index (κ1) is 98.1. The second kappa shape index (κ2) is 70.1. The lowest BCUT2D eigenvalue weighted by Crippen LogP contribution is -2.30. The van der Waals surface area contributed by atoms with Crippen LogP contribution >= 0.6 is 15.6 Å². The normalized spacial score (nSPS) is 14.0. The van der Waals surface area contributed by atoms with Gasteiger partial charge in [-0.2, -0.15) is 0 Å². The van der Waals surface area contributed by atoms with Crippen LogP contribution in [0.5, 0.6) is 0 Å². The van der Waals surface area contributed by atoms with Gasteiger partial charge in [0.25, 0.3) is 0 Å². The minimum atomic E-state index is -4.96. The molecule has 0 bridgehead atoms. The Kier molecular flexibility index (Phi) is 68.7. The molecule has 0 heterocycles. The van der Waals surface area contributed by atoms with Gasteiger partial charge in [-0.1, -0.05) is 364 Å². The third-order valence-corrected chi connectivity index (χ3v) is 20.7. The van der Waals surface area contributed by atoms with Crippen LogP contribution in [0.15, 0.2) is 0 Å². The van der Waals surface area contributed by atoms with Gasteiger partial charge in [0.15, 0.2) is 12.2 Å². The zero-order valence-electron chi connectivity index (χ0n) is 65.8.